The highest BCUT2D eigenvalue weighted by Crippen LogP contribution is 2.42. The number of carbonyl (C=O) groups is 2. The number of aromatic nitrogens is 2. The van der Waals surface area contributed by atoms with Gasteiger partial charge in [-0.25, -0.2) is 0 Å². The van der Waals surface area contributed by atoms with Gasteiger partial charge < -0.3 is 16.0 Å². The van der Waals surface area contributed by atoms with Crippen molar-refractivity contribution in [1.29, 1.82) is 0 Å². The summed E-state index contributed by atoms with van der Waals surface area (Å²) in [5.41, 5.74) is 7.40. The molecule has 1 heterocycles. The molecule has 2 rings (SSSR count). The van der Waals surface area contributed by atoms with Crippen LogP contribution in [0.5, 0.6) is 0 Å². The number of nitrogen functional groups attached to an aromatic ring is 1. The molecule has 4 N–H and O–H groups in total. The molecule has 0 radical (unpaired) electrons. The van der Waals surface area contributed by atoms with E-state index in [2.05, 4.69) is 15.5 Å². The topological polar surface area (TPSA) is 104 Å². The summed E-state index contributed by atoms with van der Waals surface area (Å²) in [5, 5.41) is 9.42. The Morgan fingerprint density at radius 3 is 2.74 bits per heavy atom. The molecule has 0 saturated heterocycles. The predicted octanol–water partition coefficient (Wildman–Crippen LogP) is 0.0774. The first-order valence-electron chi connectivity index (χ1n) is 6.32. The molecule has 7 heteroatoms. The van der Waals surface area contributed by atoms with Crippen molar-refractivity contribution in [3.05, 3.63) is 11.4 Å². The van der Waals surface area contributed by atoms with Gasteiger partial charge in [0.05, 0.1) is 11.4 Å². The lowest BCUT2D eigenvalue weighted by atomic mass is 10.2. The number of nitrogens with one attached hydrogen (secondary N) is 2. The summed E-state index contributed by atoms with van der Waals surface area (Å²) in [6, 6.07) is 0. The number of amides is 2. The highest BCUT2D eigenvalue weighted by Gasteiger charge is 2.30. The van der Waals surface area contributed by atoms with E-state index >= 15 is 0 Å². The Bertz CT molecular complexity index is 490. The molecule has 0 bridgehead atoms. The molecule has 1 aliphatic carbocycles. The maximum absolute atomic E-state index is 11.9. The van der Waals surface area contributed by atoms with Crippen molar-refractivity contribution in [3.8, 4) is 0 Å². The number of H-pyrrole nitrogens is 1. The minimum absolute atomic E-state index is 0.0334. The molecule has 0 aromatic carbocycles. The van der Waals surface area contributed by atoms with Crippen LogP contribution in [-0.4, -0.2) is 47.6 Å². The van der Waals surface area contributed by atoms with Gasteiger partial charge in [-0.2, -0.15) is 5.10 Å². The number of carbonyl (C=O) groups excluding carboxylic acids is 2. The second-order valence-corrected chi connectivity index (χ2v) is 4.97. The Morgan fingerprint density at radius 1 is 1.47 bits per heavy atom. The molecule has 2 amide bonds. The third-order valence-corrected chi connectivity index (χ3v) is 3.16. The number of aromatic amines is 1. The van der Waals surface area contributed by atoms with Crippen LogP contribution in [0.1, 0.15) is 41.4 Å². The third-order valence-electron chi connectivity index (χ3n) is 3.16. The van der Waals surface area contributed by atoms with Crippen molar-refractivity contribution in [3.63, 3.8) is 0 Å². The van der Waals surface area contributed by atoms with E-state index in [4.69, 9.17) is 5.73 Å². The van der Waals surface area contributed by atoms with Crippen molar-refractivity contribution in [1.82, 2.24) is 20.4 Å². The lowest BCUT2D eigenvalue weighted by Gasteiger charge is -2.10. The van der Waals surface area contributed by atoms with Gasteiger partial charge in [0.15, 0.2) is 5.69 Å². The second kappa shape index (κ2) is 5.29. The van der Waals surface area contributed by atoms with E-state index in [0.29, 0.717) is 11.6 Å². The highest BCUT2D eigenvalue weighted by molar-refractivity contribution is 5.97. The zero-order valence-electron chi connectivity index (χ0n) is 11.2. The molecule has 7 nitrogen and oxygen atoms in total. The van der Waals surface area contributed by atoms with Crippen LogP contribution in [0.3, 0.4) is 0 Å². The Balaban J connectivity index is 1.88. The first-order chi connectivity index (χ1) is 9.00. The molecular formula is C12H19N5O2. The van der Waals surface area contributed by atoms with Crippen LogP contribution >= 0.6 is 0 Å². The van der Waals surface area contributed by atoms with Gasteiger partial charge in [0, 0.05) is 33.0 Å². The Labute approximate surface area is 111 Å². The first-order valence-corrected chi connectivity index (χ1v) is 6.32. The van der Waals surface area contributed by atoms with Crippen molar-refractivity contribution in [2.45, 2.75) is 25.2 Å². The van der Waals surface area contributed by atoms with Crippen LogP contribution in [0.25, 0.3) is 0 Å². The minimum Gasteiger partial charge on any atom is -0.395 e. The molecule has 19 heavy (non-hydrogen) atoms. The van der Waals surface area contributed by atoms with Crippen LogP contribution in [0, 0.1) is 0 Å². The van der Waals surface area contributed by atoms with Crippen LogP contribution in [0.15, 0.2) is 0 Å². The van der Waals surface area contributed by atoms with Crippen LogP contribution < -0.4 is 11.1 Å². The number of hydrogen-bond acceptors (Lipinski definition) is 4. The Kier molecular flexibility index (Phi) is 3.73. The maximum atomic E-state index is 11.9. The van der Waals surface area contributed by atoms with Gasteiger partial charge in [-0.05, 0) is 12.8 Å². The van der Waals surface area contributed by atoms with E-state index in [1.54, 1.807) is 14.1 Å². The van der Waals surface area contributed by atoms with Crippen molar-refractivity contribution in [2.75, 3.05) is 26.4 Å². The van der Waals surface area contributed by atoms with Crippen LogP contribution in [-0.2, 0) is 4.79 Å². The maximum Gasteiger partial charge on any atom is 0.273 e. The van der Waals surface area contributed by atoms with Gasteiger partial charge in [-0.15, -0.1) is 0 Å². The van der Waals surface area contributed by atoms with Crippen LogP contribution in [0.2, 0.25) is 0 Å². The molecule has 0 atom stereocenters. The zero-order chi connectivity index (χ0) is 14.0. The molecule has 1 saturated carbocycles. The fourth-order valence-corrected chi connectivity index (χ4v) is 1.81. The highest BCUT2D eigenvalue weighted by atomic mass is 16.2. The summed E-state index contributed by atoms with van der Waals surface area (Å²) in [6.07, 6.45) is 2.44. The zero-order valence-corrected chi connectivity index (χ0v) is 11.2. The minimum atomic E-state index is -0.341. The predicted molar refractivity (Wildman–Crippen MR) is 70.6 cm³/mol. The van der Waals surface area contributed by atoms with Gasteiger partial charge in [0.25, 0.3) is 5.91 Å². The monoisotopic (exact) mass is 265 g/mol. The lowest BCUT2D eigenvalue weighted by Crippen LogP contribution is -2.30. The van der Waals surface area contributed by atoms with Crippen LogP contribution in [0.4, 0.5) is 5.69 Å². The van der Waals surface area contributed by atoms with E-state index in [9.17, 15) is 9.59 Å². The number of nitrogens with two attached hydrogens (primary N) is 1. The molecule has 0 spiro atoms. The molecule has 0 aliphatic heterocycles. The lowest BCUT2D eigenvalue weighted by molar-refractivity contribution is -0.128. The molecule has 1 fully saturated rings. The van der Waals surface area contributed by atoms with Crippen molar-refractivity contribution < 1.29 is 9.59 Å². The van der Waals surface area contributed by atoms with Crippen molar-refractivity contribution >= 4 is 17.5 Å². The van der Waals surface area contributed by atoms with Gasteiger partial charge in [0.1, 0.15) is 0 Å². The quantitative estimate of drug-likeness (QED) is 0.701. The molecular weight excluding hydrogens is 246 g/mol. The van der Waals surface area contributed by atoms with E-state index in [0.717, 1.165) is 18.5 Å². The van der Waals surface area contributed by atoms with Crippen molar-refractivity contribution in [2.24, 2.45) is 0 Å². The largest absolute Gasteiger partial charge is 0.395 e. The molecule has 1 aliphatic rings. The number of anilines is 1. The average Bonchev–Trinajstić information content (AvgIpc) is 3.12. The Morgan fingerprint density at radius 2 is 2.16 bits per heavy atom. The fraction of sp³-hybridized carbons (Fsp3) is 0.583. The molecule has 0 unspecified atom stereocenters. The van der Waals surface area contributed by atoms with E-state index in [-0.39, 0.29) is 30.5 Å². The summed E-state index contributed by atoms with van der Waals surface area (Å²) in [4.78, 5) is 24.7. The number of nitrogens with zero attached hydrogens (tertiary/aromatic N) is 2. The summed E-state index contributed by atoms with van der Waals surface area (Å²) in [5.74, 6) is 0.0468. The number of hydrogen-bond donors (Lipinski definition) is 3. The summed E-state index contributed by atoms with van der Waals surface area (Å²) >= 11 is 0. The summed E-state index contributed by atoms with van der Waals surface area (Å²) in [7, 11) is 3.36. The molecule has 104 valence electrons. The van der Waals surface area contributed by atoms with E-state index in [1.165, 1.54) is 4.90 Å². The molecule has 1 aromatic heterocycles. The third kappa shape index (κ3) is 3.04. The van der Waals surface area contributed by atoms with Gasteiger partial charge in [0.2, 0.25) is 5.91 Å². The van der Waals surface area contributed by atoms with E-state index < -0.39 is 0 Å². The molecule has 1 aromatic rings. The summed E-state index contributed by atoms with van der Waals surface area (Å²) in [6.45, 7) is 0.279. The SMILES string of the molecule is CN(C)C(=O)CCNC(=O)c1n[nH]c(C2CC2)c1N. The van der Waals surface area contributed by atoms with E-state index in [1.807, 2.05) is 0 Å². The second-order valence-electron chi connectivity index (χ2n) is 4.97. The van der Waals surface area contributed by atoms with Gasteiger partial charge in [-0.1, -0.05) is 0 Å². The number of rotatable bonds is 5. The standard InChI is InChI=1S/C12H19N5O2/c1-17(2)8(18)5-6-14-12(19)11-9(13)10(15-16-11)7-3-4-7/h7H,3-6,13H2,1-2H3,(H,14,19)(H,15,16). The van der Waals surface area contributed by atoms with Gasteiger partial charge in [-0.3, -0.25) is 14.7 Å². The normalized spacial score (nSPS) is 14.2. The van der Waals surface area contributed by atoms with Gasteiger partial charge >= 0.3 is 0 Å². The smallest absolute Gasteiger partial charge is 0.273 e. The summed E-state index contributed by atoms with van der Waals surface area (Å²) < 4.78 is 0. The Hall–Kier alpha value is -2.05. The first kappa shape index (κ1) is 13.4. The fourth-order valence-electron chi connectivity index (χ4n) is 1.81. The average molecular weight is 265 g/mol.